The molecule has 0 radical (unpaired) electrons. The number of hydrogen-bond donors (Lipinski definition) is 2. The van der Waals surface area contributed by atoms with Crippen LogP contribution in [0.4, 0.5) is 5.69 Å². The van der Waals surface area contributed by atoms with Crippen molar-refractivity contribution < 1.29 is 23.8 Å². The number of nitrogens with one attached hydrogen (secondary N) is 2. The Balaban J connectivity index is 1.67. The van der Waals surface area contributed by atoms with E-state index in [0.717, 1.165) is 11.3 Å². The first-order chi connectivity index (χ1) is 12.6. The molecule has 2 N–H and O–H groups in total. The second-order valence-corrected chi connectivity index (χ2v) is 5.72. The van der Waals surface area contributed by atoms with Gasteiger partial charge in [-0.15, -0.1) is 0 Å². The van der Waals surface area contributed by atoms with Crippen LogP contribution in [0.1, 0.15) is 18.0 Å². The Labute approximate surface area is 151 Å². The molecule has 7 heteroatoms. The molecule has 0 fully saturated rings. The highest BCUT2D eigenvalue weighted by atomic mass is 16.5. The van der Waals surface area contributed by atoms with Crippen LogP contribution in [0.15, 0.2) is 42.5 Å². The molecule has 26 heavy (non-hydrogen) atoms. The van der Waals surface area contributed by atoms with Gasteiger partial charge in [0.2, 0.25) is 0 Å². The highest BCUT2D eigenvalue weighted by Gasteiger charge is 2.25. The van der Waals surface area contributed by atoms with Gasteiger partial charge >= 0.3 is 11.8 Å². The normalized spacial score (nSPS) is 15.2. The molecule has 1 aliphatic rings. The predicted molar refractivity (Wildman–Crippen MR) is 95.6 cm³/mol. The lowest BCUT2D eigenvalue weighted by Crippen LogP contribution is -2.39. The van der Waals surface area contributed by atoms with Gasteiger partial charge in [0.1, 0.15) is 5.75 Å². The molecule has 136 valence electrons. The summed E-state index contributed by atoms with van der Waals surface area (Å²) >= 11 is 0. The van der Waals surface area contributed by atoms with Gasteiger partial charge in [-0.2, -0.15) is 0 Å². The Morgan fingerprint density at radius 1 is 1.04 bits per heavy atom. The van der Waals surface area contributed by atoms with E-state index in [-0.39, 0.29) is 6.04 Å². The molecule has 2 aromatic carbocycles. The van der Waals surface area contributed by atoms with Crippen molar-refractivity contribution in [2.45, 2.75) is 12.5 Å². The standard InChI is InChI=1S/C19H20N2O5/c1-24-16-8-7-12(11-17(16)25-2)20-18(22)19(23)21-14-9-10-26-15-6-4-3-5-13(14)15/h3-8,11,14H,9-10H2,1-2H3,(H,20,22)(H,21,23)/t14-/m0/s1. The van der Waals surface area contributed by atoms with Crippen molar-refractivity contribution in [2.75, 3.05) is 26.1 Å². The third-order valence-electron chi connectivity index (χ3n) is 4.11. The van der Waals surface area contributed by atoms with Crippen LogP contribution < -0.4 is 24.8 Å². The van der Waals surface area contributed by atoms with E-state index in [9.17, 15) is 9.59 Å². The molecular formula is C19H20N2O5. The van der Waals surface area contributed by atoms with Gasteiger partial charge in [-0.3, -0.25) is 9.59 Å². The lowest BCUT2D eigenvalue weighted by molar-refractivity contribution is -0.136. The first-order valence-electron chi connectivity index (χ1n) is 8.18. The van der Waals surface area contributed by atoms with Gasteiger partial charge in [0.25, 0.3) is 0 Å². The molecule has 3 rings (SSSR count). The summed E-state index contributed by atoms with van der Waals surface area (Å²) in [5, 5.41) is 5.32. The summed E-state index contributed by atoms with van der Waals surface area (Å²) in [6.45, 7) is 0.485. The molecule has 1 heterocycles. The van der Waals surface area contributed by atoms with Crippen LogP contribution in [0.25, 0.3) is 0 Å². The summed E-state index contributed by atoms with van der Waals surface area (Å²) in [6.07, 6.45) is 0.604. The zero-order chi connectivity index (χ0) is 18.5. The Morgan fingerprint density at radius 3 is 2.58 bits per heavy atom. The lowest BCUT2D eigenvalue weighted by Gasteiger charge is -2.26. The molecule has 0 saturated heterocycles. The fraction of sp³-hybridized carbons (Fsp3) is 0.263. The van der Waals surface area contributed by atoms with Crippen molar-refractivity contribution in [3.05, 3.63) is 48.0 Å². The van der Waals surface area contributed by atoms with Crippen LogP contribution in [0.5, 0.6) is 17.2 Å². The molecule has 0 aromatic heterocycles. The largest absolute Gasteiger partial charge is 0.493 e. The monoisotopic (exact) mass is 356 g/mol. The van der Waals surface area contributed by atoms with Gasteiger partial charge in [0.15, 0.2) is 11.5 Å². The number of para-hydroxylation sites is 1. The highest BCUT2D eigenvalue weighted by Crippen LogP contribution is 2.32. The minimum absolute atomic E-state index is 0.261. The third kappa shape index (κ3) is 3.72. The summed E-state index contributed by atoms with van der Waals surface area (Å²) in [7, 11) is 3.02. The lowest BCUT2D eigenvalue weighted by atomic mass is 10.0. The summed E-state index contributed by atoms with van der Waals surface area (Å²) in [6, 6.07) is 12.1. The van der Waals surface area contributed by atoms with E-state index in [1.165, 1.54) is 14.2 Å². The number of ether oxygens (including phenoxy) is 3. The summed E-state index contributed by atoms with van der Waals surface area (Å²) in [5.74, 6) is 0.268. The van der Waals surface area contributed by atoms with Crippen molar-refractivity contribution in [3.8, 4) is 17.2 Å². The Bertz CT molecular complexity index is 821. The van der Waals surface area contributed by atoms with Gasteiger partial charge in [-0.1, -0.05) is 18.2 Å². The van der Waals surface area contributed by atoms with E-state index < -0.39 is 11.8 Å². The van der Waals surface area contributed by atoms with Crippen LogP contribution in [0.3, 0.4) is 0 Å². The van der Waals surface area contributed by atoms with Gasteiger partial charge in [0, 0.05) is 23.7 Å². The van der Waals surface area contributed by atoms with Crippen molar-refractivity contribution in [1.29, 1.82) is 0 Å². The second kappa shape index (κ2) is 7.77. The number of anilines is 1. The molecule has 2 amide bonds. The van der Waals surface area contributed by atoms with Crippen LogP contribution >= 0.6 is 0 Å². The van der Waals surface area contributed by atoms with Crippen LogP contribution in [0, 0.1) is 0 Å². The number of carbonyl (C=O) groups is 2. The second-order valence-electron chi connectivity index (χ2n) is 5.72. The molecular weight excluding hydrogens is 336 g/mol. The van der Waals surface area contributed by atoms with Crippen LogP contribution in [-0.2, 0) is 9.59 Å². The van der Waals surface area contributed by atoms with Crippen LogP contribution in [-0.4, -0.2) is 32.6 Å². The van der Waals surface area contributed by atoms with Crippen molar-refractivity contribution in [2.24, 2.45) is 0 Å². The zero-order valence-corrected chi connectivity index (χ0v) is 14.6. The smallest absolute Gasteiger partial charge is 0.313 e. The SMILES string of the molecule is COc1ccc(NC(=O)C(=O)N[C@H]2CCOc3ccccc32)cc1OC. The quantitative estimate of drug-likeness (QED) is 0.821. The predicted octanol–water partition coefficient (Wildman–Crippen LogP) is 2.28. The molecule has 1 atom stereocenters. The molecule has 0 unspecified atom stereocenters. The third-order valence-corrected chi connectivity index (χ3v) is 4.11. The fourth-order valence-corrected chi connectivity index (χ4v) is 2.82. The number of fused-ring (bicyclic) bond motifs is 1. The van der Waals surface area contributed by atoms with Gasteiger partial charge in [-0.05, 0) is 18.2 Å². The highest BCUT2D eigenvalue weighted by molar-refractivity contribution is 6.39. The van der Waals surface area contributed by atoms with Gasteiger partial charge in [0.05, 0.1) is 26.9 Å². The topological polar surface area (TPSA) is 85.9 Å². The van der Waals surface area contributed by atoms with Gasteiger partial charge < -0.3 is 24.8 Å². The maximum atomic E-state index is 12.3. The van der Waals surface area contributed by atoms with E-state index in [1.54, 1.807) is 18.2 Å². The number of carbonyl (C=O) groups excluding carboxylic acids is 2. The summed E-state index contributed by atoms with van der Waals surface area (Å²) in [4.78, 5) is 24.5. The number of rotatable bonds is 4. The van der Waals surface area contributed by atoms with E-state index in [2.05, 4.69) is 10.6 Å². The minimum Gasteiger partial charge on any atom is -0.493 e. The molecule has 2 aromatic rings. The number of hydrogen-bond acceptors (Lipinski definition) is 5. The van der Waals surface area contributed by atoms with E-state index in [1.807, 2.05) is 24.3 Å². The maximum Gasteiger partial charge on any atom is 0.313 e. The van der Waals surface area contributed by atoms with E-state index in [0.29, 0.717) is 30.2 Å². The first kappa shape index (κ1) is 17.6. The molecule has 0 saturated carbocycles. The molecule has 0 aliphatic carbocycles. The average Bonchev–Trinajstić information content (AvgIpc) is 2.68. The first-order valence-corrected chi connectivity index (χ1v) is 8.18. The minimum atomic E-state index is -0.749. The molecule has 0 bridgehead atoms. The molecule has 1 aliphatic heterocycles. The van der Waals surface area contributed by atoms with Crippen LogP contribution in [0.2, 0.25) is 0 Å². The van der Waals surface area contributed by atoms with Crippen molar-refractivity contribution >= 4 is 17.5 Å². The fourth-order valence-electron chi connectivity index (χ4n) is 2.82. The van der Waals surface area contributed by atoms with E-state index >= 15 is 0 Å². The van der Waals surface area contributed by atoms with Crippen molar-refractivity contribution in [1.82, 2.24) is 5.32 Å². The Kier molecular flexibility index (Phi) is 5.26. The Hall–Kier alpha value is -3.22. The molecule has 7 nitrogen and oxygen atoms in total. The van der Waals surface area contributed by atoms with Gasteiger partial charge in [-0.25, -0.2) is 0 Å². The zero-order valence-electron chi connectivity index (χ0n) is 14.6. The number of benzene rings is 2. The number of amides is 2. The number of methoxy groups -OCH3 is 2. The summed E-state index contributed by atoms with van der Waals surface area (Å²) in [5.41, 5.74) is 1.31. The Morgan fingerprint density at radius 2 is 1.81 bits per heavy atom. The summed E-state index contributed by atoms with van der Waals surface area (Å²) < 4.78 is 15.9. The van der Waals surface area contributed by atoms with Crippen molar-refractivity contribution in [3.63, 3.8) is 0 Å². The molecule has 0 spiro atoms. The maximum absolute atomic E-state index is 12.3. The van der Waals surface area contributed by atoms with E-state index in [4.69, 9.17) is 14.2 Å². The average molecular weight is 356 g/mol.